The molecule has 0 N–H and O–H groups in total. The highest BCUT2D eigenvalue weighted by Crippen LogP contribution is 2.15. The molecular weight excluding hydrogens is 216 g/mol. The van der Waals surface area contributed by atoms with E-state index < -0.39 is 6.10 Å². The van der Waals surface area contributed by atoms with E-state index in [4.69, 9.17) is 21.6 Å². The van der Waals surface area contributed by atoms with Crippen LogP contribution in [0.25, 0.3) is 0 Å². The maximum absolute atomic E-state index is 8.75. The first-order valence-electron chi connectivity index (χ1n) is 4.54. The molecular formula is C9H9ClN4O. The quantitative estimate of drug-likeness (QED) is 0.662. The van der Waals surface area contributed by atoms with Crippen LogP contribution in [0.1, 0.15) is 0 Å². The molecule has 0 saturated carbocycles. The van der Waals surface area contributed by atoms with Gasteiger partial charge in [-0.1, -0.05) is 0 Å². The summed E-state index contributed by atoms with van der Waals surface area (Å²) in [5, 5.41) is 8.97. The van der Waals surface area contributed by atoms with Crippen LogP contribution in [-0.2, 0) is 4.74 Å². The van der Waals surface area contributed by atoms with E-state index >= 15 is 0 Å². The molecule has 2 heterocycles. The Morgan fingerprint density at radius 3 is 3.27 bits per heavy atom. The average molecular weight is 225 g/mol. The van der Waals surface area contributed by atoms with Gasteiger partial charge >= 0.3 is 0 Å². The summed E-state index contributed by atoms with van der Waals surface area (Å²) >= 11 is 5.69. The topological polar surface area (TPSA) is 62.0 Å². The van der Waals surface area contributed by atoms with Crippen molar-refractivity contribution in [2.75, 3.05) is 24.6 Å². The van der Waals surface area contributed by atoms with Gasteiger partial charge in [-0.2, -0.15) is 5.26 Å². The number of halogens is 1. The Hall–Kier alpha value is -1.38. The summed E-state index contributed by atoms with van der Waals surface area (Å²) in [6.07, 6.45) is 1.20. The van der Waals surface area contributed by atoms with Gasteiger partial charge in [-0.05, 0) is 17.7 Å². The Labute approximate surface area is 92.3 Å². The number of hydrogen-bond acceptors (Lipinski definition) is 5. The molecule has 1 saturated heterocycles. The molecule has 0 aromatic carbocycles. The van der Waals surface area contributed by atoms with Gasteiger partial charge in [0.15, 0.2) is 6.10 Å². The molecule has 0 bridgehead atoms. The monoisotopic (exact) mass is 224 g/mol. The maximum atomic E-state index is 8.75. The molecule has 1 aromatic rings. The maximum Gasteiger partial charge on any atom is 0.224 e. The Morgan fingerprint density at radius 1 is 1.67 bits per heavy atom. The molecule has 0 radical (unpaired) electrons. The number of morpholine rings is 1. The second-order valence-electron chi connectivity index (χ2n) is 3.12. The van der Waals surface area contributed by atoms with Crippen LogP contribution in [0.2, 0.25) is 5.28 Å². The van der Waals surface area contributed by atoms with Crippen LogP contribution < -0.4 is 4.90 Å². The van der Waals surface area contributed by atoms with Crippen LogP contribution in [0, 0.1) is 11.3 Å². The van der Waals surface area contributed by atoms with E-state index in [9.17, 15) is 0 Å². The van der Waals surface area contributed by atoms with E-state index in [0.717, 1.165) is 5.82 Å². The molecule has 78 valence electrons. The molecule has 6 heteroatoms. The van der Waals surface area contributed by atoms with Gasteiger partial charge in [-0.15, -0.1) is 0 Å². The fourth-order valence-corrected chi connectivity index (χ4v) is 1.58. The first kappa shape index (κ1) is 10.1. The lowest BCUT2D eigenvalue weighted by molar-refractivity contribution is 0.0761. The van der Waals surface area contributed by atoms with Crippen LogP contribution in [0.4, 0.5) is 5.82 Å². The van der Waals surface area contributed by atoms with E-state index in [1.807, 2.05) is 4.90 Å². The molecule has 1 aliphatic heterocycles. The highest BCUT2D eigenvalue weighted by atomic mass is 35.5. The van der Waals surface area contributed by atoms with Gasteiger partial charge < -0.3 is 9.64 Å². The standard InChI is InChI=1S/C9H9ClN4O/c10-9-12-2-1-8(13-9)14-3-4-15-7(5-11)6-14/h1-2,7H,3-4,6H2. The van der Waals surface area contributed by atoms with Crippen LogP contribution >= 0.6 is 11.6 Å². The molecule has 1 fully saturated rings. The molecule has 1 unspecified atom stereocenters. The Kier molecular flexibility index (Phi) is 2.99. The van der Waals surface area contributed by atoms with Crippen molar-refractivity contribution >= 4 is 17.4 Å². The summed E-state index contributed by atoms with van der Waals surface area (Å²) in [7, 11) is 0. The smallest absolute Gasteiger partial charge is 0.224 e. The van der Waals surface area contributed by atoms with Crippen molar-refractivity contribution in [1.82, 2.24) is 9.97 Å². The number of anilines is 1. The van der Waals surface area contributed by atoms with Crippen molar-refractivity contribution in [3.05, 3.63) is 17.5 Å². The molecule has 0 spiro atoms. The minimum absolute atomic E-state index is 0.215. The summed E-state index contributed by atoms with van der Waals surface area (Å²) < 4.78 is 5.23. The third-order valence-electron chi connectivity index (χ3n) is 2.15. The Balaban J connectivity index is 2.14. The number of rotatable bonds is 1. The largest absolute Gasteiger partial charge is 0.360 e. The average Bonchev–Trinajstić information content (AvgIpc) is 2.29. The minimum atomic E-state index is -0.396. The molecule has 1 atom stereocenters. The molecule has 1 aliphatic rings. The number of aromatic nitrogens is 2. The summed E-state index contributed by atoms with van der Waals surface area (Å²) in [6, 6.07) is 3.85. The van der Waals surface area contributed by atoms with Gasteiger partial charge in [-0.25, -0.2) is 9.97 Å². The fourth-order valence-electron chi connectivity index (χ4n) is 1.44. The zero-order valence-corrected chi connectivity index (χ0v) is 8.68. The van der Waals surface area contributed by atoms with E-state index in [2.05, 4.69) is 16.0 Å². The van der Waals surface area contributed by atoms with Gasteiger partial charge in [0, 0.05) is 12.7 Å². The van der Waals surface area contributed by atoms with Crippen LogP contribution in [0.5, 0.6) is 0 Å². The van der Waals surface area contributed by atoms with Gasteiger partial charge in [0.2, 0.25) is 5.28 Å². The third-order valence-corrected chi connectivity index (χ3v) is 2.33. The first-order valence-corrected chi connectivity index (χ1v) is 4.92. The molecule has 15 heavy (non-hydrogen) atoms. The second-order valence-corrected chi connectivity index (χ2v) is 3.46. The molecule has 0 aliphatic carbocycles. The molecule has 5 nitrogen and oxygen atoms in total. The van der Waals surface area contributed by atoms with Crippen LogP contribution in [0.15, 0.2) is 12.3 Å². The first-order chi connectivity index (χ1) is 7.29. The lowest BCUT2D eigenvalue weighted by Gasteiger charge is -2.30. The van der Waals surface area contributed by atoms with Gasteiger partial charge in [0.1, 0.15) is 5.82 Å². The minimum Gasteiger partial charge on any atom is -0.360 e. The second kappa shape index (κ2) is 4.43. The van der Waals surface area contributed by atoms with Crippen molar-refractivity contribution in [2.45, 2.75) is 6.10 Å². The van der Waals surface area contributed by atoms with Crippen LogP contribution in [0.3, 0.4) is 0 Å². The van der Waals surface area contributed by atoms with Crippen molar-refractivity contribution in [1.29, 1.82) is 5.26 Å². The van der Waals surface area contributed by atoms with E-state index in [-0.39, 0.29) is 5.28 Å². The highest BCUT2D eigenvalue weighted by Gasteiger charge is 2.20. The molecule has 1 aromatic heterocycles. The molecule has 2 rings (SSSR count). The molecule has 0 amide bonds. The number of hydrogen-bond donors (Lipinski definition) is 0. The van der Waals surface area contributed by atoms with Crippen molar-refractivity contribution in [3.63, 3.8) is 0 Å². The van der Waals surface area contributed by atoms with Crippen LogP contribution in [-0.4, -0.2) is 35.8 Å². The van der Waals surface area contributed by atoms with Gasteiger partial charge in [-0.3, -0.25) is 0 Å². The normalized spacial score (nSPS) is 21.1. The lowest BCUT2D eigenvalue weighted by Crippen LogP contribution is -2.42. The Morgan fingerprint density at radius 2 is 2.53 bits per heavy atom. The zero-order valence-electron chi connectivity index (χ0n) is 7.93. The summed E-state index contributed by atoms with van der Waals surface area (Å²) in [5.74, 6) is 0.735. The van der Waals surface area contributed by atoms with E-state index in [0.29, 0.717) is 19.7 Å². The highest BCUT2D eigenvalue weighted by molar-refractivity contribution is 6.28. The van der Waals surface area contributed by atoms with Crippen molar-refractivity contribution in [3.8, 4) is 6.07 Å². The predicted octanol–water partition coefficient (Wildman–Crippen LogP) is 0.859. The lowest BCUT2D eigenvalue weighted by atomic mass is 10.3. The summed E-state index contributed by atoms with van der Waals surface area (Å²) in [5.41, 5.74) is 0. The van der Waals surface area contributed by atoms with Crippen molar-refractivity contribution in [2.24, 2.45) is 0 Å². The van der Waals surface area contributed by atoms with Gasteiger partial charge in [0.05, 0.1) is 19.2 Å². The zero-order chi connectivity index (χ0) is 10.7. The summed E-state index contributed by atoms with van der Waals surface area (Å²) in [4.78, 5) is 9.85. The van der Waals surface area contributed by atoms with Gasteiger partial charge in [0.25, 0.3) is 0 Å². The number of nitriles is 1. The van der Waals surface area contributed by atoms with E-state index in [1.54, 1.807) is 12.3 Å². The summed E-state index contributed by atoms with van der Waals surface area (Å²) in [6.45, 7) is 1.76. The predicted molar refractivity (Wildman–Crippen MR) is 54.6 cm³/mol. The number of ether oxygens (including phenoxy) is 1. The number of nitrogens with zero attached hydrogens (tertiary/aromatic N) is 4. The van der Waals surface area contributed by atoms with E-state index in [1.165, 1.54) is 0 Å². The SMILES string of the molecule is N#CC1CN(c2ccnc(Cl)n2)CCO1. The fraction of sp³-hybridized carbons (Fsp3) is 0.444. The Bertz CT molecular complexity index is 392. The van der Waals surface area contributed by atoms with Crippen molar-refractivity contribution < 1.29 is 4.74 Å². The third kappa shape index (κ3) is 2.35.